The first-order valence-corrected chi connectivity index (χ1v) is 5.78. The monoisotopic (exact) mass is 327 g/mol. The highest BCUT2D eigenvalue weighted by molar-refractivity contribution is 9.10. The first kappa shape index (κ1) is 14.2. The van der Waals surface area contributed by atoms with Crippen molar-refractivity contribution in [2.24, 2.45) is 5.73 Å². The molecule has 17 heavy (non-hydrogen) atoms. The van der Waals surface area contributed by atoms with Crippen LogP contribution in [0.25, 0.3) is 0 Å². The van der Waals surface area contributed by atoms with Crippen LogP contribution in [0, 0.1) is 0 Å². The van der Waals surface area contributed by atoms with Gasteiger partial charge in [0.05, 0.1) is 18.6 Å². The number of nitrogens with two attached hydrogens (primary N) is 1. The molecule has 1 rings (SSSR count). The van der Waals surface area contributed by atoms with Crippen LogP contribution in [0.1, 0.15) is 12.0 Å². The van der Waals surface area contributed by atoms with Crippen molar-refractivity contribution >= 4 is 33.1 Å². The zero-order valence-electron chi connectivity index (χ0n) is 8.55. The molecule has 2 N–H and O–H groups in total. The molecular formula is C10H9BrF3NOS. The highest BCUT2D eigenvalue weighted by atomic mass is 79.9. The van der Waals surface area contributed by atoms with E-state index in [4.69, 9.17) is 22.7 Å². The standard InChI is InChI=1S/C10H9BrF3NOS/c11-6-1-2-8(7(5-6)9(15)17)16-4-3-10(12,13)14/h1-2,5H,3-4H2,(H2,15,17). The van der Waals surface area contributed by atoms with Gasteiger partial charge < -0.3 is 10.5 Å². The number of rotatable bonds is 4. The van der Waals surface area contributed by atoms with E-state index in [1.54, 1.807) is 12.1 Å². The van der Waals surface area contributed by atoms with Crippen molar-refractivity contribution in [2.45, 2.75) is 12.6 Å². The maximum atomic E-state index is 11.9. The lowest BCUT2D eigenvalue weighted by Crippen LogP contribution is -2.16. The molecule has 0 fully saturated rings. The molecule has 2 nitrogen and oxygen atoms in total. The smallest absolute Gasteiger partial charge is 0.392 e. The molecule has 0 bridgehead atoms. The summed E-state index contributed by atoms with van der Waals surface area (Å²) in [5.41, 5.74) is 5.86. The fourth-order valence-electron chi connectivity index (χ4n) is 1.10. The molecular weight excluding hydrogens is 319 g/mol. The molecule has 1 aromatic rings. The van der Waals surface area contributed by atoms with Gasteiger partial charge in [-0.2, -0.15) is 13.2 Å². The molecule has 0 atom stereocenters. The highest BCUT2D eigenvalue weighted by Gasteiger charge is 2.27. The van der Waals surface area contributed by atoms with Crippen molar-refractivity contribution in [1.82, 2.24) is 0 Å². The zero-order valence-corrected chi connectivity index (χ0v) is 11.0. The van der Waals surface area contributed by atoms with Gasteiger partial charge >= 0.3 is 6.18 Å². The van der Waals surface area contributed by atoms with E-state index in [0.29, 0.717) is 5.56 Å². The summed E-state index contributed by atoms with van der Waals surface area (Å²) in [5, 5.41) is 0. The lowest BCUT2D eigenvalue weighted by molar-refractivity contribution is -0.139. The first-order valence-electron chi connectivity index (χ1n) is 4.58. The van der Waals surface area contributed by atoms with Crippen LogP contribution in [-0.2, 0) is 0 Å². The largest absolute Gasteiger partial charge is 0.493 e. The number of alkyl halides is 3. The van der Waals surface area contributed by atoms with Crippen LogP contribution >= 0.6 is 28.1 Å². The molecule has 0 radical (unpaired) electrons. The van der Waals surface area contributed by atoms with Gasteiger partial charge in [0.25, 0.3) is 0 Å². The number of halogens is 4. The number of hydrogen-bond acceptors (Lipinski definition) is 2. The Labute approximate surface area is 110 Å². The summed E-state index contributed by atoms with van der Waals surface area (Å²) in [6, 6.07) is 4.77. The highest BCUT2D eigenvalue weighted by Crippen LogP contribution is 2.25. The first-order chi connectivity index (χ1) is 7.79. The van der Waals surface area contributed by atoms with Crippen molar-refractivity contribution in [3.63, 3.8) is 0 Å². The predicted octanol–water partition coefficient (Wildman–Crippen LogP) is 3.41. The van der Waals surface area contributed by atoms with Crippen LogP contribution in [0.2, 0.25) is 0 Å². The maximum absolute atomic E-state index is 11.9. The second-order valence-corrected chi connectivity index (χ2v) is 4.57. The lowest BCUT2D eigenvalue weighted by atomic mass is 10.2. The molecule has 7 heteroatoms. The van der Waals surface area contributed by atoms with Gasteiger partial charge in [0.2, 0.25) is 0 Å². The summed E-state index contributed by atoms with van der Waals surface area (Å²) in [7, 11) is 0. The predicted molar refractivity (Wildman–Crippen MR) is 66.2 cm³/mol. The third-order valence-electron chi connectivity index (χ3n) is 1.85. The van der Waals surface area contributed by atoms with E-state index in [1.807, 2.05) is 0 Å². The molecule has 0 aromatic heterocycles. The van der Waals surface area contributed by atoms with Gasteiger partial charge in [0, 0.05) is 4.47 Å². The van der Waals surface area contributed by atoms with Crippen molar-refractivity contribution < 1.29 is 17.9 Å². The SMILES string of the molecule is NC(=S)c1cc(Br)ccc1OCCC(F)(F)F. The molecule has 0 saturated carbocycles. The van der Waals surface area contributed by atoms with Crippen LogP contribution < -0.4 is 10.5 Å². The minimum atomic E-state index is -4.24. The van der Waals surface area contributed by atoms with Crippen LogP contribution in [0.5, 0.6) is 5.75 Å². The van der Waals surface area contributed by atoms with Gasteiger partial charge in [-0.1, -0.05) is 28.1 Å². The zero-order chi connectivity index (χ0) is 13.1. The summed E-state index contributed by atoms with van der Waals surface area (Å²) in [6.45, 7) is -0.458. The molecule has 94 valence electrons. The molecule has 0 unspecified atom stereocenters. The fourth-order valence-corrected chi connectivity index (χ4v) is 1.62. The van der Waals surface area contributed by atoms with Gasteiger partial charge in [-0.15, -0.1) is 0 Å². The molecule has 0 spiro atoms. The van der Waals surface area contributed by atoms with Gasteiger partial charge in [0.15, 0.2) is 0 Å². The third-order valence-corrected chi connectivity index (χ3v) is 2.56. The molecule has 0 aliphatic heterocycles. The number of benzene rings is 1. The Bertz CT molecular complexity index is 423. The number of hydrogen-bond donors (Lipinski definition) is 1. The Morgan fingerprint density at radius 2 is 2.06 bits per heavy atom. The summed E-state index contributed by atoms with van der Waals surface area (Å²) < 4.78 is 41.6. The quantitative estimate of drug-likeness (QED) is 0.861. The summed E-state index contributed by atoms with van der Waals surface area (Å²) >= 11 is 8.00. The van der Waals surface area contributed by atoms with Crippen molar-refractivity contribution in [2.75, 3.05) is 6.61 Å². The van der Waals surface area contributed by atoms with Crippen molar-refractivity contribution in [3.8, 4) is 5.75 Å². The minimum Gasteiger partial charge on any atom is -0.493 e. The summed E-state index contributed by atoms with van der Waals surface area (Å²) in [5.74, 6) is 0.255. The van der Waals surface area contributed by atoms with E-state index in [9.17, 15) is 13.2 Å². The van der Waals surface area contributed by atoms with Gasteiger partial charge in [-0.05, 0) is 18.2 Å². The Morgan fingerprint density at radius 3 is 2.59 bits per heavy atom. The number of thiocarbonyl (C=S) groups is 1. The average molecular weight is 328 g/mol. The molecule has 1 aromatic carbocycles. The van der Waals surface area contributed by atoms with Crippen LogP contribution in [-0.4, -0.2) is 17.8 Å². The van der Waals surface area contributed by atoms with Crippen molar-refractivity contribution in [1.29, 1.82) is 0 Å². The third kappa shape index (κ3) is 4.91. The van der Waals surface area contributed by atoms with Gasteiger partial charge in [-0.25, -0.2) is 0 Å². The summed E-state index contributed by atoms with van der Waals surface area (Å²) in [6.07, 6.45) is -5.25. The van der Waals surface area contributed by atoms with E-state index in [1.165, 1.54) is 6.07 Å². The van der Waals surface area contributed by atoms with Gasteiger partial charge in [-0.3, -0.25) is 0 Å². The number of ether oxygens (including phenoxy) is 1. The average Bonchev–Trinajstić information content (AvgIpc) is 2.18. The van der Waals surface area contributed by atoms with E-state index in [-0.39, 0.29) is 10.7 Å². The Hall–Kier alpha value is -0.820. The minimum absolute atomic E-state index is 0.0771. The van der Waals surface area contributed by atoms with Crippen LogP contribution in [0.3, 0.4) is 0 Å². The van der Waals surface area contributed by atoms with Crippen molar-refractivity contribution in [3.05, 3.63) is 28.2 Å². The molecule has 0 heterocycles. The van der Waals surface area contributed by atoms with E-state index >= 15 is 0 Å². The topological polar surface area (TPSA) is 35.2 Å². The van der Waals surface area contributed by atoms with E-state index in [0.717, 1.165) is 4.47 Å². The van der Waals surface area contributed by atoms with E-state index in [2.05, 4.69) is 15.9 Å². The summed E-state index contributed by atoms with van der Waals surface area (Å²) in [4.78, 5) is 0.0771. The van der Waals surface area contributed by atoms with Gasteiger partial charge in [0.1, 0.15) is 10.7 Å². The molecule has 0 aliphatic rings. The maximum Gasteiger partial charge on any atom is 0.392 e. The fraction of sp³-hybridized carbons (Fsp3) is 0.300. The Balaban J connectivity index is 2.74. The second-order valence-electron chi connectivity index (χ2n) is 3.22. The molecule has 0 amide bonds. The Morgan fingerprint density at radius 1 is 1.41 bits per heavy atom. The second kappa shape index (κ2) is 5.68. The Kier molecular flexibility index (Phi) is 4.76. The molecule has 0 saturated heterocycles. The van der Waals surface area contributed by atoms with Crippen LogP contribution in [0.15, 0.2) is 22.7 Å². The molecule has 0 aliphatic carbocycles. The van der Waals surface area contributed by atoms with E-state index < -0.39 is 19.2 Å². The normalized spacial score (nSPS) is 11.3. The lowest BCUT2D eigenvalue weighted by Gasteiger charge is -2.12. The van der Waals surface area contributed by atoms with Crippen LogP contribution in [0.4, 0.5) is 13.2 Å².